The summed E-state index contributed by atoms with van der Waals surface area (Å²) < 4.78 is 5.86. The number of benzene rings is 1. The van der Waals surface area contributed by atoms with Gasteiger partial charge in [0.1, 0.15) is 0 Å². The zero-order valence-electron chi connectivity index (χ0n) is 15.1. The van der Waals surface area contributed by atoms with Gasteiger partial charge in [0.15, 0.2) is 5.96 Å². The lowest BCUT2D eigenvalue weighted by Gasteiger charge is -2.54. The smallest absolute Gasteiger partial charge is 0.191 e. The van der Waals surface area contributed by atoms with Crippen molar-refractivity contribution in [1.82, 2.24) is 10.6 Å². The second-order valence-electron chi connectivity index (χ2n) is 7.19. The molecule has 1 aliphatic heterocycles. The summed E-state index contributed by atoms with van der Waals surface area (Å²) in [5.74, 6) is 1.41. The van der Waals surface area contributed by atoms with Gasteiger partial charge in [-0.05, 0) is 31.0 Å². The Morgan fingerprint density at radius 3 is 2.96 bits per heavy atom. The highest BCUT2D eigenvalue weighted by molar-refractivity contribution is 14.0. The number of fused-ring (bicyclic) bond motifs is 1. The first-order valence-corrected chi connectivity index (χ1v) is 8.71. The number of nitrogens with zero attached hydrogens (tertiary/aromatic N) is 2. The molecule has 1 saturated heterocycles. The first kappa shape index (κ1) is 20.0. The van der Waals surface area contributed by atoms with E-state index >= 15 is 0 Å². The zero-order valence-corrected chi connectivity index (χ0v) is 17.4. The Morgan fingerprint density at radius 1 is 1.44 bits per heavy atom. The van der Waals surface area contributed by atoms with Gasteiger partial charge in [-0.15, -0.1) is 24.0 Å². The van der Waals surface area contributed by atoms with Gasteiger partial charge in [-0.1, -0.05) is 26.0 Å². The van der Waals surface area contributed by atoms with Crippen LogP contribution in [0.15, 0.2) is 29.3 Å². The van der Waals surface area contributed by atoms with E-state index in [1.165, 1.54) is 0 Å². The van der Waals surface area contributed by atoms with Crippen LogP contribution in [-0.4, -0.2) is 31.3 Å². The number of nitrogens with one attached hydrogen (secondary N) is 2. The molecule has 3 atom stereocenters. The molecule has 3 rings (SSSR count). The predicted octanol–water partition coefficient (Wildman–Crippen LogP) is 3.04. The number of aliphatic imine (C=N–C) groups is 1. The summed E-state index contributed by atoms with van der Waals surface area (Å²) in [6.07, 6.45) is 1.49. The highest BCUT2D eigenvalue weighted by atomic mass is 127. The second-order valence-corrected chi connectivity index (χ2v) is 7.19. The van der Waals surface area contributed by atoms with E-state index in [1.54, 1.807) is 0 Å². The number of rotatable bonds is 4. The number of ether oxygens (including phenoxy) is 1. The van der Waals surface area contributed by atoms with E-state index < -0.39 is 0 Å². The molecule has 0 radical (unpaired) electrons. The van der Waals surface area contributed by atoms with Crippen LogP contribution in [0.25, 0.3) is 0 Å². The van der Waals surface area contributed by atoms with Gasteiger partial charge in [0.25, 0.3) is 0 Å². The van der Waals surface area contributed by atoms with E-state index in [2.05, 4.69) is 37.5 Å². The maximum absolute atomic E-state index is 9.00. The summed E-state index contributed by atoms with van der Waals surface area (Å²) in [5.41, 5.74) is 1.84. The molecule has 1 aliphatic carbocycles. The van der Waals surface area contributed by atoms with Gasteiger partial charge in [-0.25, -0.2) is 4.99 Å². The Kier molecular flexibility index (Phi) is 6.69. The van der Waals surface area contributed by atoms with Crippen LogP contribution in [-0.2, 0) is 11.3 Å². The molecule has 136 valence electrons. The molecular weight excluding hydrogens is 427 g/mol. The molecule has 1 heterocycles. The highest BCUT2D eigenvalue weighted by Gasteiger charge is 2.59. The molecule has 1 saturated carbocycles. The lowest BCUT2D eigenvalue weighted by atomic mass is 9.57. The molecule has 2 N–H and O–H groups in total. The lowest BCUT2D eigenvalue weighted by molar-refractivity contribution is -0.106. The van der Waals surface area contributed by atoms with Crippen molar-refractivity contribution in [2.45, 2.75) is 45.9 Å². The number of halogens is 1. The summed E-state index contributed by atoms with van der Waals surface area (Å²) >= 11 is 0. The first-order valence-electron chi connectivity index (χ1n) is 8.71. The Hall–Kier alpha value is -1.33. The molecule has 2 fully saturated rings. The number of guanidine groups is 1. The van der Waals surface area contributed by atoms with E-state index in [-0.39, 0.29) is 29.4 Å². The molecular formula is C19H27IN4O. The van der Waals surface area contributed by atoms with E-state index in [9.17, 15) is 0 Å². The molecule has 1 aromatic rings. The molecule has 5 nitrogen and oxygen atoms in total. The number of hydrogen-bond donors (Lipinski definition) is 2. The summed E-state index contributed by atoms with van der Waals surface area (Å²) in [5, 5.41) is 15.9. The van der Waals surface area contributed by atoms with Crippen LogP contribution in [0.1, 0.15) is 38.3 Å². The monoisotopic (exact) mass is 454 g/mol. The van der Waals surface area contributed by atoms with E-state index in [1.807, 2.05) is 24.3 Å². The van der Waals surface area contributed by atoms with Gasteiger partial charge in [-0.3, -0.25) is 0 Å². The van der Waals surface area contributed by atoms with Crippen LogP contribution >= 0.6 is 24.0 Å². The van der Waals surface area contributed by atoms with Crippen LogP contribution < -0.4 is 10.6 Å². The maximum atomic E-state index is 9.00. The van der Waals surface area contributed by atoms with Crippen molar-refractivity contribution < 1.29 is 4.74 Å². The Balaban J connectivity index is 0.00000225. The Morgan fingerprint density at radius 2 is 2.24 bits per heavy atom. The summed E-state index contributed by atoms with van der Waals surface area (Å²) in [4.78, 5) is 4.70. The third-order valence-corrected chi connectivity index (χ3v) is 5.21. The Labute approximate surface area is 167 Å². The fourth-order valence-corrected chi connectivity index (χ4v) is 3.99. The molecule has 0 aromatic heterocycles. The zero-order chi connectivity index (χ0) is 17.2. The summed E-state index contributed by atoms with van der Waals surface area (Å²) in [6.45, 7) is 8.84. The van der Waals surface area contributed by atoms with Gasteiger partial charge in [-0.2, -0.15) is 5.26 Å². The SMILES string of the molecule is CCNC(=NCc1cccc(C#N)c1)NC1C2CCOC2C1(C)C.I. The molecule has 6 heteroatoms. The van der Waals surface area contributed by atoms with Crippen molar-refractivity contribution in [3.05, 3.63) is 35.4 Å². The van der Waals surface area contributed by atoms with Crippen LogP contribution in [0.5, 0.6) is 0 Å². The van der Waals surface area contributed by atoms with Crippen LogP contribution in [0.4, 0.5) is 0 Å². The van der Waals surface area contributed by atoms with Crippen molar-refractivity contribution in [3.63, 3.8) is 0 Å². The van der Waals surface area contributed by atoms with Crippen LogP contribution in [0, 0.1) is 22.7 Å². The number of hydrogen-bond acceptors (Lipinski definition) is 3. The predicted molar refractivity (Wildman–Crippen MR) is 110 cm³/mol. The van der Waals surface area contributed by atoms with Crippen molar-refractivity contribution in [3.8, 4) is 6.07 Å². The normalized spacial score (nSPS) is 26.6. The van der Waals surface area contributed by atoms with Gasteiger partial charge in [0.05, 0.1) is 24.3 Å². The third kappa shape index (κ3) is 4.09. The van der Waals surface area contributed by atoms with Gasteiger partial charge < -0.3 is 15.4 Å². The van der Waals surface area contributed by atoms with Crippen molar-refractivity contribution in [1.29, 1.82) is 5.26 Å². The minimum atomic E-state index is 0. The summed E-state index contributed by atoms with van der Waals surface area (Å²) in [7, 11) is 0. The van der Waals surface area contributed by atoms with Crippen LogP contribution in [0.3, 0.4) is 0 Å². The van der Waals surface area contributed by atoms with Gasteiger partial charge in [0, 0.05) is 30.5 Å². The number of nitriles is 1. The molecule has 25 heavy (non-hydrogen) atoms. The largest absolute Gasteiger partial charge is 0.377 e. The van der Waals surface area contributed by atoms with Crippen molar-refractivity contribution in [2.24, 2.45) is 16.3 Å². The lowest BCUT2D eigenvalue weighted by Crippen LogP contribution is -2.67. The van der Waals surface area contributed by atoms with Crippen molar-refractivity contribution >= 4 is 29.9 Å². The van der Waals surface area contributed by atoms with Crippen molar-refractivity contribution in [2.75, 3.05) is 13.2 Å². The third-order valence-electron chi connectivity index (χ3n) is 5.21. The van der Waals surface area contributed by atoms with Gasteiger partial charge >= 0.3 is 0 Å². The fourth-order valence-electron chi connectivity index (χ4n) is 3.99. The average Bonchev–Trinajstić information content (AvgIpc) is 3.04. The first-order chi connectivity index (χ1) is 11.6. The average molecular weight is 454 g/mol. The quantitative estimate of drug-likeness (QED) is 0.417. The molecule has 0 bridgehead atoms. The molecule has 2 aliphatic rings. The van der Waals surface area contributed by atoms with Gasteiger partial charge in [0.2, 0.25) is 0 Å². The van der Waals surface area contributed by atoms with E-state index in [0.29, 0.717) is 30.2 Å². The van der Waals surface area contributed by atoms with E-state index in [0.717, 1.165) is 31.1 Å². The van der Waals surface area contributed by atoms with E-state index in [4.69, 9.17) is 15.0 Å². The Bertz CT molecular complexity index is 668. The minimum Gasteiger partial charge on any atom is -0.377 e. The summed E-state index contributed by atoms with van der Waals surface area (Å²) in [6, 6.07) is 10.2. The highest BCUT2D eigenvalue weighted by Crippen LogP contribution is 2.52. The van der Waals surface area contributed by atoms with Crippen LogP contribution in [0.2, 0.25) is 0 Å². The molecule has 0 amide bonds. The fraction of sp³-hybridized carbons (Fsp3) is 0.579. The minimum absolute atomic E-state index is 0. The molecule has 3 unspecified atom stereocenters. The molecule has 0 spiro atoms. The maximum Gasteiger partial charge on any atom is 0.191 e. The molecule has 1 aromatic carbocycles. The standard InChI is InChI=1S/C19H26N4O.HI/c1-4-21-18(22-12-14-7-5-6-13(10-14)11-20)23-16-15-8-9-24-17(15)19(16,2)3;/h5-7,10,15-17H,4,8-9,12H2,1-3H3,(H2,21,22,23);1H. The topological polar surface area (TPSA) is 69.4 Å². The second kappa shape index (κ2) is 8.37.